The number of halogens is 2. The van der Waals surface area contributed by atoms with Gasteiger partial charge in [0.2, 0.25) is 0 Å². The molecule has 4 rings (SSSR count). The molecule has 1 aromatic carbocycles. The summed E-state index contributed by atoms with van der Waals surface area (Å²) in [6.45, 7) is 5.13. The molecular formula is C22H21BrFN3OS. The molecular weight excluding hydrogens is 453 g/mol. The molecule has 1 N–H and O–H groups in total. The summed E-state index contributed by atoms with van der Waals surface area (Å²) in [5.74, 6) is 1.60. The fraction of sp³-hybridized carbons (Fsp3) is 0.273. The summed E-state index contributed by atoms with van der Waals surface area (Å²) in [5, 5.41) is 4.11. The summed E-state index contributed by atoms with van der Waals surface area (Å²) in [6.07, 6.45) is 1.78. The van der Waals surface area contributed by atoms with Gasteiger partial charge in [0.05, 0.1) is 11.7 Å². The molecule has 2 aromatic heterocycles. The van der Waals surface area contributed by atoms with Gasteiger partial charge in [0, 0.05) is 22.8 Å². The summed E-state index contributed by atoms with van der Waals surface area (Å²) < 4.78 is 20.4. The third kappa shape index (κ3) is 4.07. The normalized spacial score (nSPS) is 19.1. The molecule has 0 spiro atoms. The van der Waals surface area contributed by atoms with Crippen LogP contribution in [-0.4, -0.2) is 21.5 Å². The van der Waals surface area contributed by atoms with Crippen molar-refractivity contribution >= 4 is 33.3 Å². The van der Waals surface area contributed by atoms with Crippen molar-refractivity contribution < 1.29 is 8.81 Å². The van der Waals surface area contributed by atoms with Gasteiger partial charge in [0.15, 0.2) is 5.11 Å². The SMILES string of the molecule is CC(C)CN1C(=S)N[C@H](c2ccccn2)[C@H]1c1ccc(-c2ccc(F)cc2Br)o1. The number of hydrogen-bond donors (Lipinski definition) is 1. The highest BCUT2D eigenvalue weighted by atomic mass is 79.9. The summed E-state index contributed by atoms with van der Waals surface area (Å²) in [7, 11) is 0. The molecule has 0 unspecified atom stereocenters. The van der Waals surface area contributed by atoms with Gasteiger partial charge in [-0.05, 0) is 76.5 Å². The number of nitrogens with one attached hydrogen (secondary N) is 1. The molecule has 4 nitrogen and oxygen atoms in total. The minimum atomic E-state index is -0.295. The molecule has 0 aliphatic carbocycles. The minimum absolute atomic E-state index is 0.113. The van der Waals surface area contributed by atoms with E-state index < -0.39 is 0 Å². The van der Waals surface area contributed by atoms with Gasteiger partial charge in [-0.2, -0.15) is 0 Å². The van der Waals surface area contributed by atoms with Crippen LogP contribution in [0.2, 0.25) is 0 Å². The Balaban J connectivity index is 1.74. The average molecular weight is 474 g/mol. The monoisotopic (exact) mass is 473 g/mol. The second kappa shape index (κ2) is 8.24. The van der Waals surface area contributed by atoms with Crippen LogP contribution < -0.4 is 5.32 Å². The minimum Gasteiger partial charge on any atom is -0.459 e. The van der Waals surface area contributed by atoms with E-state index >= 15 is 0 Å². The maximum Gasteiger partial charge on any atom is 0.170 e. The zero-order valence-corrected chi connectivity index (χ0v) is 18.5. The number of furan rings is 1. The third-order valence-corrected chi connectivity index (χ3v) is 5.88. The van der Waals surface area contributed by atoms with E-state index in [0.717, 1.165) is 23.6 Å². The Labute approximate surface area is 183 Å². The summed E-state index contributed by atoms with van der Waals surface area (Å²) in [6, 6.07) is 14.1. The van der Waals surface area contributed by atoms with Crippen LogP contribution in [0.3, 0.4) is 0 Å². The first-order valence-electron chi connectivity index (χ1n) is 9.47. The van der Waals surface area contributed by atoms with E-state index in [9.17, 15) is 4.39 Å². The van der Waals surface area contributed by atoms with Gasteiger partial charge >= 0.3 is 0 Å². The number of thiocarbonyl (C=S) groups is 1. The largest absolute Gasteiger partial charge is 0.459 e. The molecule has 0 saturated carbocycles. The Morgan fingerprint density at radius 2 is 2.07 bits per heavy atom. The van der Waals surface area contributed by atoms with E-state index in [-0.39, 0.29) is 17.9 Å². The van der Waals surface area contributed by atoms with Crippen LogP contribution in [0.5, 0.6) is 0 Å². The molecule has 7 heteroatoms. The molecule has 1 aliphatic rings. The van der Waals surface area contributed by atoms with Gasteiger partial charge < -0.3 is 14.6 Å². The van der Waals surface area contributed by atoms with Crippen LogP contribution in [0.4, 0.5) is 4.39 Å². The van der Waals surface area contributed by atoms with Crippen molar-refractivity contribution in [1.29, 1.82) is 0 Å². The molecule has 1 saturated heterocycles. The highest BCUT2D eigenvalue weighted by molar-refractivity contribution is 9.10. The maximum absolute atomic E-state index is 13.5. The lowest BCUT2D eigenvalue weighted by molar-refractivity contribution is 0.253. The van der Waals surface area contributed by atoms with Crippen LogP contribution in [0, 0.1) is 11.7 Å². The van der Waals surface area contributed by atoms with Crippen molar-refractivity contribution in [2.75, 3.05) is 6.54 Å². The van der Waals surface area contributed by atoms with Gasteiger partial charge in [-0.1, -0.05) is 19.9 Å². The van der Waals surface area contributed by atoms with Crippen molar-refractivity contribution in [3.8, 4) is 11.3 Å². The number of rotatable bonds is 5. The number of aromatic nitrogens is 1. The standard InChI is InChI=1S/C22H21BrFN3OS/c1-13(2)12-27-21(20(26-22(27)29)17-5-3-4-10-25-17)19-9-8-18(28-19)15-7-6-14(24)11-16(15)23/h3-11,13,20-21H,12H2,1-2H3,(H,26,29)/t20-,21-/m1/s1. The molecule has 0 amide bonds. The van der Waals surface area contributed by atoms with E-state index in [1.165, 1.54) is 12.1 Å². The van der Waals surface area contributed by atoms with Crippen LogP contribution in [0.25, 0.3) is 11.3 Å². The lowest BCUT2D eigenvalue weighted by atomic mass is 10.0. The lowest BCUT2D eigenvalue weighted by Gasteiger charge is -2.27. The number of nitrogens with zero attached hydrogens (tertiary/aromatic N) is 2. The van der Waals surface area contributed by atoms with Gasteiger partial charge in [-0.3, -0.25) is 4.98 Å². The Morgan fingerprint density at radius 3 is 2.76 bits per heavy atom. The molecule has 3 aromatic rings. The van der Waals surface area contributed by atoms with Crippen LogP contribution >= 0.6 is 28.1 Å². The summed E-state index contributed by atoms with van der Waals surface area (Å²) >= 11 is 9.07. The fourth-order valence-corrected chi connectivity index (χ4v) is 4.51. The van der Waals surface area contributed by atoms with Crippen molar-refractivity contribution in [2.45, 2.75) is 25.9 Å². The maximum atomic E-state index is 13.5. The Bertz CT molecular complexity index is 1020. The number of hydrogen-bond acceptors (Lipinski definition) is 3. The smallest absolute Gasteiger partial charge is 0.170 e. The highest BCUT2D eigenvalue weighted by Gasteiger charge is 2.41. The van der Waals surface area contributed by atoms with Crippen LogP contribution in [0.15, 0.2) is 63.6 Å². The molecule has 2 atom stereocenters. The van der Waals surface area contributed by atoms with Gasteiger partial charge in [0.25, 0.3) is 0 Å². The average Bonchev–Trinajstić information content (AvgIpc) is 3.27. The Kier molecular flexibility index (Phi) is 5.69. The highest BCUT2D eigenvalue weighted by Crippen LogP contribution is 2.41. The fourth-order valence-electron chi connectivity index (χ4n) is 3.65. The first kappa shape index (κ1) is 20.0. The Hall–Kier alpha value is -2.25. The van der Waals surface area contributed by atoms with E-state index in [1.54, 1.807) is 12.3 Å². The number of benzene rings is 1. The molecule has 150 valence electrons. The third-order valence-electron chi connectivity index (χ3n) is 4.87. The van der Waals surface area contributed by atoms with E-state index in [0.29, 0.717) is 21.3 Å². The van der Waals surface area contributed by atoms with E-state index in [4.69, 9.17) is 16.6 Å². The predicted octanol–water partition coefficient (Wildman–Crippen LogP) is 5.87. The van der Waals surface area contributed by atoms with Gasteiger partial charge in [-0.15, -0.1) is 0 Å². The van der Waals surface area contributed by atoms with Crippen molar-refractivity contribution in [2.24, 2.45) is 5.92 Å². The summed E-state index contributed by atoms with van der Waals surface area (Å²) in [5.41, 5.74) is 1.71. The first-order chi connectivity index (χ1) is 13.9. The second-order valence-electron chi connectivity index (χ2n) is 7.50. The molecule has 0 radical (unpaired) electrons. The molecule has 1 aliphatic heterocycles. The second-order valence-corrected chi connectivity index (χ2v) is 8.74. The molecule has 3 heterocycles. The van der Waals surface area contributed by atoms with E-state index in [2.05, 4.69) is 45.0 Å². The zero-order valence-electron chi connectivity index (χ0n) is 16.1. The Morgan fingerprint density at radius 1 is 1.24 bits per heavy atom. The predicted molar refractivity (Wildman–Crippen MR) is 119 cm³/mol. The van der Waals surface area contributed by atoms with Crippen molar-refractivity contribution in [3.05, 3.63) is 76.5 Å². The first-order valence-corrected chi connectivity index (χ1v) is 10.7. The summed E-state index contributed by atoms with van der Waals surface area (Å²) in [4.78, 5) is 6.70. The van der Waals surface area contributed by atoms with Crippen LogP contribution in [-0.2, 0) is 0 Å². The van der Waals surface area contributed by atoms with Gasteiger partial charge in [-0.25, -0.2) is 4.39 Å². The molecule has 29 heavy (non-hydrogen) atoms. The zero-order chi connectivity index (χ0) is 20.5. The van der Waals surface area contributed by atoms with Gasteiger partial charge in [0.1, 0.15) is 23.4 Å². The number of pyridine rings is 1. The topological polar surface area (TPSA) is 41.3 Å². The van der Waals surface area contributed by atoms with Crippen molar-refractivity contribution in [3.63, 3.8) is 0 Å². The molecule has 1 fully saturated rings. The molecule has 0 bridgehead atoms. The quantitative estimate of drug-likeness (QED) is 0.469. The van der Waals surface area contributed by atoms with Crippen molar-refractivity contribution in [1.82, 2.24) is 15.2 Å². The lowest BCUT2D eigenvalue weighted by Crippen LogP contribution is -2.32. The van der Waals surface area contributed by atoms with Crippen LogP contribution in [0.1, 0.15) is 37.4 Å². The van der Waals surface area contributed by atoms with E-state index in [1.807, 2.05) is 30.3 Å².